The van der Waals surface area contributed by atoms with Gasteiger partial charge >= 0.3 is 0 Å². The first-order valence-corrected chi connectivity index (χ1v) is 13.9. The zero-order valence-electron chi connectivity index (χ0n) is 23.7. The molecular weight excluding hydrogens is 604 g/mol. The van der Waals surface area contributed by atoms with Crippen LogP contribution in [0.15, 0.2) is 118 Å². The average molecular weight is 634 g/mol. The average Bonchev–Trinajstić information content (AvgIpc) is 3.72. The molecule has 0 spiro atoms. The molecule has 0 atom stereocenters. The van der Waals surface area contributed by atoms with E-state index in [9.17, 15) is 4.79 Å². The highest BCUT2D eigenvalue weighted by atomic mass is 79.9. The van der Waals surface area contributed by atoms with E-state index in [4.69, 9.17) is 18.6 Å². The lowest BCUT2D eigenvalue weighted by atomic mass is 10.0. The lowest BCUT2D eigenvalue weighted by Crippen LogP contribution is -2.12. The van der Waals surface area contributed by atoms with Crippen molar-refractivity contribution in [3.63, 3.8) is 0 Å². The van der Waals surface area contributed by atoms with Gasteiger partial charge in [0.1, 0.15) is 34.3 Å². The molecule has 0 saturated carbocycles. The smallest absolute Gasteiger partial charge is 0.182 e. The largest absolute Gasteiger partial charge is 0.497 e. The number of Topliss-reactive ketones (excluding diaryl/α,β-unsaturated/α-hetero) is 1. The Labute approximate surface area is 259 Å². The fraction of sp³-hybridized carbons (Fsp3) is 0.111. The predicted octanol–water partition coefficient (Wildman–Crippen LogP) is 8.98. The number of furan rings is 2. The number of allylic oxidation sites excluding steroid dienone is 1. The number of carbonyl (C=O) groups is 1. The first-order chi connectivity index (χ1) is 20.6. The lowest BCUT2D eigenvalue weighted by molar-refractivity contribution is 0.0972. The second kappa shape index (κ2) is 11.8. The first-order valence-electron chi connectivity index (χ1n) is 13.9. The topological polar surface area (TPSA) is 70.4 Å². The number of nitrogens with zero attached hydrogens (tertiary/aromatic N) is 2. The van der Waals surface area contributed by atoms with Crippen LogP contribution >= 0.6 is 17.0 Å². The fourth-order valence-electron chi connectivity index (χ4n) is 5.51. The van der Waals surface area contributed by atoms with Crippen molar-refractivity contribution >= 4 is 61.3 Å². The number of hydrogen-bond acceptors (Lipinski definition) is 5. The Morgan fingerprint density at radius 3 is 2.07 bits per heavy atom. The molecule has 4 aromatic carbocycles. The lowest BCUT2D eigenvalue weighted by Gasteiger charge is -2.10. The molecule has 6 nitrogen and oxygen atoms in total. The van der Waals surface area contributed by atoms with Crippen LogP contribution in [0.2, 0.25) is 0 Å². The van der Waals surface area contributed by atoms with Gasteiger partial charge in [-0.05, 0) is 73.5 Å². The predicted molar refractivity (Wildman–Crippen MR) is 175 cm³/mol. The Morgan fingerprint density at radius 2 is 1.47 bits per heavy atom. The molecule has 3 heterocycles. The molecule has 214 valence electrons. The van der Waals surface area contributed by atoms with Gasteiger partial charge < -0.3 is 18.1 Å². The number of hydrogen-bond donors (Lipinski definition) is 0. The van der Waals surface area contributed by atoms with Gasteiger partial charge in [0.2, 0.25) is 0 Å². The number of aryl methyl sites for hydroxylation is 1. The summed E-state index contributed by atoms with van der Waals surface area (Å²) in [7, 11) is 1.61. The minimum atomic E-state index is 0. The summed E-state index contributed by atoms with van der Waals surface area (Å²) in [6.45, 7) is 2.13. The molecule has 7 rings (SSSR count). The van der Waals surface area contributed by atoms with E-state index in [1.165, 1.54) is 0 Å². The normalized spacial score (nSPS) is 11.1. The maximum absolute atomic E-state index is 13.3. The number of halogens is 1. The highest BCUT2D eigenvalue weighted by molar-refractivity contribution is 8.93. The third-order valence-corrected chi connectivity index (χ3v) is 7.66. The van der Waals surface area contributed by atoms with Crippen molar-refractivity contribution in [3.8, 4) is 5.75 Å². The highest BCUT2D eigenvalue weighted by Gasteiger charge is 2.18. The van der Waals surface area contributed by atoms with Crippen LogP contribution < -0.4 is 4.74 Å². The van der Waals surface area contributed by atoms with E-state index in [-0.39, 0.29) is 29.3 Å². The summed E-state index contributed by atoms with van der Waals surface area (Å²) in [5.74, 6) is 2.99. The van der Waals surface area contributed by atoms with Crippen LogP contribution in [0.4, 0.5) is 0 Å². The van der Waals surface area contributed by atoms with Crippen molar-refractivity contribution in [3.05, 3.63) is 138 Å². The fourth-order valence-corrected chi connectivity index (χ4v) is 5.51. The van der Waals surface area contributed by atoms with Gasteiger partial charge in [-0.15, -0.1) is 17.0 Å². The summed E-state index contributed by atoms with van der Waals surface area (Å²) >= 11 is 0. The van der Waals surface area contributed by atoms with Gasteiger partial charge in [-0.25, -0.2) is 4.98 Å². The molecule has 3 aromatic heterocycles. The van der Waals surface area contributed by atoms with Gasteiger partial charge in [0, 0.05) is 16.3 Å². The zero-order valence-corrected chi connectivity index (χ0v) is 25.5. The molecular formula is C36H29BrN2O4. The van der Waals surface area contributed by atoms with Crippen molar-refractivity contribution in [1.29, 1.82) is 0 Å². The second-order valence-corrected chi connectivity index (χ2v) is 10.3. The summed E-state index contributed by atoms with van der Waals surface area (Å²) in [5.41, 5.74) is 6.00. The number of rotatable bonds is 8. The first kappa shape index (κ1) is 28.2. The van der Waals surface area contributed by atoms with E-state index < -0.39 is 0 Å². The van der Waals surface area contributed by atoms with Crippen molar-refractivity contribution in [2.24, 2.45) is 0 Å². The SMILES string of the molecule is Br.COc1ccc(C(=O)Cn2c(C)nc3cccc(CC=C(c4cc5ccccc5o4)c4cc5ccccc5o4)c32)cc1. The van der Waals surface area contributed by atoms with Gasteiger partial charge in [-0.1, -0.05) is 54.6 Å². The van der Waals surface area contributed by atoms with Crippen LogP contribution in [0.25, 0.3) is 38.5 Å². The molecule has 7 aromatic rings. The molecule has 0 aliphatic heterocycles. The maximum Gasteiger partial charge on any atom is 0.182 e. The van der Waals surface area contributed by atoms with Crippen molar-refractivity contribution in [2.45, 2.75) is 19.9 Å². The van der Waals surface area contributed by atoms with E-state index in [1.54, 1.807) is 31.4 Å². The minimum Gasteiger partial charge on any atom is -0.497 e. The molecule has 0 amide bonds. The van der Waals surface area contributed by atoms with Crippen molar-refractivity contribution in [1.82, 2.24) is 9.55 Å². The third-order valence-electron chi connectivity index (χ3n) is 7.66. The summed E-state index contributed by atoms with van der Waals surface area (Å²) in [6.07, 6.45) is 2.73. The number of benzene rings is 4. The van der Waals surface area contributed by atoms with Gasteiger partial charge in [0.05, 0.1) is 30.3 Å². The van der Waals surface area contributed by atoms with Crippen LogP contribution in [0.5, 0.6) is 5.75 Å². The number of ether oxygens (including phenoxy) is 1. The Morgan fingerprint density at radius 1 is 0.837 bits per heavy atom. The summed E-state index contributed by atoms with van der Waals surface area (Å²) in [4.78, 5) is 18.1. The van der Waals surface area contributed by atoms with Gasteiger partial charge in [0.15, 0.2) is 5.78 Å². The molecule has 0 radical (unpaired) electrons. The zero-order chi connectivity index (χ0) is 28.6. The van der Waals surface area contributed by atoms with Crippen LogP contribution in [0, 0.1) is 6.92 Å². The molecule has 7 heteroatoms. The highest BCUT2D eigenvalue weighted by Crippen LogP contribution is 2.33. The number of ketones is 1. The molecule has 0 aliphatic rings. The summed E-state index contributed by atoms with van der Waals surface area (Å²) in [6, 6.07) is 33.4. The summed E-state index contributed by atoms with van der Waals surface area (Å²) in [5, 5.41) is 2.06. The Bertz CT molecular complexity index is 1970. The summed E-state index contributed by atoms with van der Waals surface area (Å²) < 4.78 is 19.9. The third kappa shape index (κ3) is 5.40. The van der Waals surface area contributed by atoms with Crippen LogP contribution in [-0.4, -0.2) is 22.4 Å². The quantitative estimate of drug-likeness (QED) is 0.156. The standard InChI is InChI=1S/C36H28N2O4.BrH/c1-23-37-30-11-7-10-25(36(30)38(23)22-31(39)24-14-17-28(40-2)18-15-24)16-19-29(34-20-26-8-3-5-12-32(26)41-34)35-21-27-9-4-6-13-33(27)42-35;/h3-15,17-21H,16,22H2,1-2H3;1H. The number of carbonyl (C=O) groups excluding carboxylic acids is 1. The van der Waals surface area contributed by atoms with E-state index >= 15 is 0 Å². The maximum atomic E-state index is 13.3. The van der Waals surface area contributed by atoms with Crippen LogP contribution in [-0.2, 0) is 13.0 Å². The minimum absolute atomic E-state index is 0. The molecule has 0 fully saturated rings. The number of methoxy groups -OCH3 is 1. The van der Waals surface area contributed by atoms with E-state index in [2.05, 4.69) is 24.3 Å². The molecule has 0 aliphatic carbocycles. The number of para-hydroxylation sites is 3. The monoisotopic (exact) mass is 632 g/mol. The van der Waals surface area contributed by atoms with E-state index in [1.807, 2.05) is 72.2 Å². The van der Waals surface area contributed by atoms with Gasteiger partial charge in [0.25, 0.3) is 0 Å². The molecule has 0 N–H and O–H groups in total. The van der Waals surface area contributed by atoms with Crippen LogP contribution in [0.3, 0.4) is 0 Å². The Balaban J connectivity index is 0.00000329. The number of aromatic nitrogens is 2. The van der Waals surface area contributed by atoms with Gasteiger partial charge in [-0.3, -0.25) is 4.79 Å². The number of imidazole rings is 1. The van der Waals surface area contributed by atoms with E-state index in [0.717, 1.165) is 67.2 Å². The second-order valence-electron chi connectivity index (χ2n) is 10.3. The molecule has 0 saturated heterocycles. The Hall–Kier alpha value is -4.88. The molecule has 43 heavy (non-hydrogen) atoms. The van der Waals surface area contributed by atoms with Crippen molar-refractivity contribution in [2.75, 3.05) is 7.11 Å². The molecule has 0 bridgehead atoms. The number of fused-ring (bicyclic) bond motifs is 3. The van der Waals surface area contributed by atoms with E-state index in [0.29, 0.717) is 12.0 Å². The van der Waals surface area contributed by atoms with Crippen molar-refractivity contribution < 1.29 is 18.4 Å². The van der Waals surface area contributed by atoms with Crippen LogP contribution in [0.1, 0.15) is 33.3 Å². The van der Waals surface area contributed by atoms with Gasteiger partial charge in [-0.2, -0.15) is 0 Å². The molecule has 0 unspecified atom stereocenters. The Kier molecular flexibility index (Phi) is 7.74.